The monoisotopic (exact) mass is 243 g/mol. The molecule has 2 aromatic rings. The van der Waals surface area contributed by atoms with Crippen molar-refractivity contribution in [2.75, 3.05) is 6.54 Å². The van der Waals surface area contributed by atoms with E-state index in [0.717, 1.165) is 18.5 Å². The summed E-state index contributed by atoms with van der Waals surface area (Å²) in [5.74, 6) is -0.182. The number of benzene rings is 2. The lowest BCUT2D eigenvalue weighted by Gasteiger charge is -2.18. The maximum absolute atomic E-state index is 12.9. The maximum Gasteiger partial charge on any atom is 0.123 e. The lowest BCUT2D eigenvalue weighted by Crippen LogP contribution is -2.22. The molecule has 0 aliphatic heterocycles. The van der Waals surface area contributed by atoms with Crippen molar-refractivity contribution in [1.29, 1.82) is 0 Å². The van der Waals surface area contributed by atoms with Crippen molar-refractivity contribution in [2.24, 2.45) is 0 Å². The zero-order valence-corrected chi connectivity index (χ0v) is 10.6. The molecule has 0 amide bonds. The standard InChI is InChI=1S/C16H18FN/c1-2-18-16(14-6-4-3-5-7-14)12-13-8-10-15(17)11-9-13/h3-11,16,18H,2,12H2,1H3. The van der Waals surface area contributed by atoms with Crippen LogP contribution in [-0.2, 0) is 6.42 Å². The van der Waals surface area contributed by atoms with Crippen molar-refractivity contribution >= 4 is 0 Å². The van der Waals surface area contributed by atoms with Crippen LogP contribution in [0, 0.1) is 5.82 Å². The Hall–Kier alpha value is -1.67. The molecule has 0 heterocycles. The second-order valence-electron chi connectivity index (χ2n) is 4.35. The van der Waals surface area contributed by atoms with E-state index in [4.69, 9.17) is 0 Å². The van der Waals surface area contributed by atoms with Crippen molar-refractivity contribution < 1.29 is 4.39 Å². The van der Waals surface area contributed by atoms with Crippen molar-refractivity contribution in [3.63, 3.8) is 0 Å². The number of likely N-dealkylation sites (N-methyl/N-ethyl adjacent to an activating group) is 1. The summed E-state index contributed by atoms with van der Waals surface area (Å²) in [6.45, 7) is 3.02. The van der Waals surface area contributed by atoms with Crippen LogP contribution in [0.2, 0.25) is 0 Å². The van der Waals surface area contributed by atoms with Gasteiger partial charge in [0.25, 0.3) is 0 Å². The van der Waals surface area contributed by atoms with E-state index in [1.807, 2.05) is 30.3 Å². The minimum Gasteiger partial charge on any atom is -0.310 e. The Morgan fingerprint density at radius 2 is 1.67 bits per heavy atom. The zero-order chi connectivity index (χ0) is 12.8. The first-order valence-corrected chi connectivity index (χ1v) is 6.32. The van der Waals surface area contributed by atoms with E-state index in [-0.39, 0.29) is 11.9 Å². The predicted octanol–water partition coefficient (Wildman–Crippen LogP) is 3.72. The van der Waals surface area contributed by atoms with Gasteiger partial charge in [0.05, 0.1) is 0 Å². The molecular weight excluding hydrogens is 225 g/mol. The van der Waals surface area contributed by atoms with E-state index >= 15 is 0 Å². The highest BCUT2D eigenvalue weighted by molar-refractivity contribution is 5.24. The second-order valence-corrected chi connectivity index (χ2v) is 4.35. The average Bonchev–Trinajstić information content (AvgIpc) is 2.42. The van der Waals surface area contributed by atoms with Crippen LogP contribution < -0.4 is 5.32 Å². The summed E-state index contributed by atoms with van der Waals surface area (Å²) in [4.78, 5) is 0. The number of hydrogen-bond acceptors (Lipinski definition) is 1. The van der Waals surface area contributed by atoms with Crippen molar-refractivity contribution in [3.8, 4) is 0 Å². The summed E-state index contributed by atoms with van der Waals surface area (Å²) in [5, 5.41) is 3.47. The molecule has 0 aliphatic carbocycles. The molecule has 0 fully saturated rings. The Kier molecular flexibility index (Phi) is 4.48. The van der Waals surface area contributed by atoms with Crippen LogP contribution in [0.15, 0.2) is 54.6 Å². The summed E-state index contributed by atoms with van der Waals surface area (Å²) in [6, 6.07) is 17.4. The van der Waals surface area contributed by atoms with Gasteiger partial charge in [-0.3, -0.25) is 0 Å². The molecule has 94 valence electrons. The van der Waals surface area contributed by atoms with Crippen LogP contribution in [0.4, 0.5) is 4.39 Å². The molecule has 0 bridgehead atoms. The normalized spacial score (nSPS) is 12.3. The lowest BCUT2D eigenvalue weighted by molar-refractivity contribution is 0.549. The summed E-state index contributed by atoms with van der Waals surface area (Å²) in [6.07, 6.45) is 0.873. The average molecular weight is 243 g/mol. The number of hydrogen-bond donors (Lipinski definition) is 1. The Morgan fingerprint density at radius 3 is 2.28 bits per heavy atom. The molecule has 2 aromatic carbocycles. The first kappa shape index (κ1) is 12.8. The predicted molar refractivity (Wildman–Crippen MR) is 73.0 cm³/mol. The van der Waals surface area contributed by atoms with Crippen molar-refractivity contribution in [1.82, 2.24) is 5.32 Å². The lowest BCUT2D eigenvalue weighted by atomic mass is 9.99. The smallest absolute Gasteiger partial charge is 0.123 e. The Balaban J connectivity index is 2.14. The molecule has 18 heavy (non-hydrogen) atoms. The molecule has 1 N–H and O–H groups in total. The van der Waals surface area contributed by atoms with E-state index < -0.39 is 0 Å². The first-order chi connectivity index (χ1) is 8.79. The van der Waals surface area contributed by atoms with Crippen LogP contribution in [-0.4, -0.2) is 6.54 Å². The molecular formula is C16H18FN. The Morgan fingerprint density at radius 1 is 1.00 bits per heavy atom. The third-order valence-electron chi connectivity index (χ3n) is 3.01. The second kappa shape index (κ2) is 6.31. The number of rotatable bonds is 5. The number of nitrogens with one attached hydrogen (secondary N) is 1. The fourth-order valence-electron chi connectivity index (χ4n) is 2.10. The van der Waals surface area contributed by atoms with Crippen LogP contribution >= 0.6 is 0 Å². The van der Waals surface area contributed by atoms with E-state index in [0.29, 0.717) is 0 Å². The number of halogens is 1. The summed E-state index contributed by atoms with van der Waals surface area (Å²) in [5.41, 5.74) is 2.41. The van der Waals surface area contributed by atoms with Gasteiger partial charge in [-0.15, -0.1) is 0 Å². The van der Waals surface area contributed by atoms with E-state index in [1.54, 1.807) is 0 Å². The van der Waals surface area contributed by atoms with Crippen LogP contribution in [0.3, 0.4) is 0 Å². The molecule has 2 heteroatoms. The quantitative estimate of drug-likeness (QED) is 0.844. The Bertz CT molecular complexity index is 464. The topological polar surface area (TPSA) is 12.0 Å². The maximum atomic E-state index is 12.9. The first-order valence-electron chi connectivity index (χ1n) is 6.32. The molecule has 0 aliphatic rings. The van der Waals surface area contributed by atoms with Gasteiger partial charge >= 0.3 is 0 Å². The molecule has 0 radical (unpaired) electrons. The third-order valence-corrected chi connectivity index (χ3v) is 3.01. The van der Waals surface area contributed by atoms with E-state index in [2.05, 4.69) is 24.4 Å². The van der Waals surface area contributed by atoms with Gasteiger partial charge in [-0.1, -0.05) is 49.4 Å². The molecule has 0 spiro atoms. The SMILES string of the molecule is CCNC(Cc1ccc(F)cc1)c1ccccc1. The minimum absolute atomic E-state index is 0.182. The fraction of sp³-hybridized carbons (Fsp3) is 0.250. The van der Waals surface area contributed by atoms with E-state index in [9.17, 15) is 4.39 Å². The van der Waals surface area contributed by atoms with Crippen molar-refractivity contribution in [2.45, 2.75) is 19.4 Å². The molecule has 0 aromatic heterocycles. The molecule has 1 nitrogen and oxygen atoms in total. The largest absolute Gasteiger partial charge is 0.310 e. The van der Waals surface area contributed by atoms with Gasteiger partial charge in [-0.25, -0.2) is 4.39 Å². The fourth-order valence-corrected chi connectivity index (χ4v) is 2.10. The van der Waals surface area contributed by atoms with Gasteiger partial charge in [0.15, 0.2) is 0 Å². The molecule has 1 unspecified atom stereocenters. The zero-order valence-electron chi connectivity index (χ0n) is 10.6. The van der Waals surface area contributed by atoms with Crippen molar-refractivity contribution in [3.05, 3.63) is 71.5 Å². The minimum atomic E-state index is -0.182. The molecule has 2 rings (SSSR count). The van der Waals surface area contributed by atoms with Gasteiger partial charge in [-0.05, 0) is 36.2 Å². The molecule has 0 saturated carbocycles. The van der Waals surface area contributed by atoms with Crippen LogP contribution in [0.1, 0.15) is 24.1 Å². The van der Waals surface area contributed by atoms with E-state index in [1.165, 1.54) is 17.7 Å². The van der Waals surface area contributed by atoms with Crippen LogP contribution in [0.5, 0.6) is 0 Å². The highest BCUT2D eigenvalue weighted by atomic mass is 19.1. The Labute approximate surface area is 108 Å². The highest BCUT2D eigenvalue weighted by Gasteiger charge is 2.10. The van der Waals surface area contributed by atoms with Gasteiger partial charge in [0, 0.05) is 6.04 Å². The summed E-state index contributed by atoms with van der Waals surface area (Å²) >= 11 is 0. The third kappa shape index (κ3) is 3.41. The van der Waals surface area contributed by atoms with Gasteiger partial charge in [0.2, 0.25) is 0 Å². The van der Waals surface area contributed by atoms with Crippen LogP contribution in [0.25, 0.3) is 0 Å². The van der Waals surface area contributed by atoms with Gasteiger partial charge in [-0.2, -0.15) is 0 Å². The van der Waals surface area contributed by atoms with Gasteiger partial charge in [0.1, 0.15) is 5.82 Å². The summed E-state index contributed by atoms with van der Waals surface area (Å²) < 4.78 is 12.9. The molecule has 1 atom stereocenters. The van der Waals surface area contributed by atoms with Gasteiger partial charge < -0.3 is 5.32 Å². The summed E-state index contributed by atoms with van der Waals surface area (Å²) in [7, 11) is 0. The highest BCUT2D eigenvalue weighted by Crippen LogP contribution is 2.18. The molecule has 0 saturated heterocycles.